The highest BCUT2D eigenvalue weighted by Gasteiger charge is 2.12. The van der Waals surface area contributed by atoms with Crippen LogP contribution < -0.4 is 10.6 Å². The molecule has 0 aliphatic heterocycles. The van der Waals surface area contributed by atoms with Crippen molar-refractivity contribution in [2.75, 3.05) is 10.6 Å². The molecule has 3 rings (SSSR count). The average molecular weight is 387 g/mol. The van der Waals surface area contributed by atoms with E-state index in [4.69, 9.17) is 0 Å². The molecule has 2 amide bonds. The van der Waals surface area contributed by atoms with E-state index in [-0.39, 0.29) is 11.8 Å². The molecule has 134 valence electrons. The van der Waals surface area contributed by atoms with Gasteiger partial charge in [0, 0.05) is 17.7 Å². The summed E-state index contributed by atoms with van der Waals surface area (Å²) in [6.45, 7) is 4.22. The minimum absolute atomic E-state index is 0.163. The Balaban J connectivity index is 1.60. The predicted molar refractivity (Wildman–Crippen MR) is 105 cm³/mol. The average Bonchev–Trinajstić information content (AvgIpc) is 3.27. The van der Waals surface area contributed by atoms with Crippen molar-refractivity contribution in [3.05, 3.63) is 57.2 Å². The predicted octanol–water partition coefficient (Wildman–Crippen LogP) is 4.30. The highest BCUT2D eigenvalue weighted by atomic mass is 32.1. The van der Waals surface area contributed by atoms with Crippen LogP contribution in [-0.2, 0) is 6.42 Å². The third-order valence-corrected chi connectivity index (χ3v) is 5.15. The van der Waals surface area contributed by atoms with E-state index in [0.29, 0.717) is 27.2 Å². The lowest BCUT2D eigenvalue weighted by Gasteiger charge is -2.05. The lowest BCUT2D eigenvalue weighted by Crippen LogP contribution is -2.13. The van der Waals surface area contributed by atoms with Crippen LogP contribution in [0.15, 0.2) is 41.8 Å². The Morgan fingerprint density at radius 1 is 1.04 bits per heavy atom. The van der Waals surface area contributed by atoms with Crippen molar-refractivity contribution >= 4 is 45.3 Å². The van der Waals surface area contributed by atoms with Gasteiger partial charge in [-0.2, -0.15) is 0 Å². The largest absolute Gasteiger partial charge is 0.321 e. The van der Waals surface area contributed by atoms with Crippen LogP contribution >= 0.6 is 22.7 Å². The van der Waals surface area contributed by atoms with Crippen molar-refractivity contribution in [1.82, 2.24) is 10.2 Å². The SMILES string of the molecule is CC(C)Cc1nnc(NC(=O)c2ccc(NC(=O)c3cccs3)cc2)s1. The summed E-state index contributed by atoms with van der Waals surface area (Å²) in [4.78, 5) is 25.0. The zero-order valence-corrected chi connectivity index (χ0v) is 16.0. The van der Waals surface area contributed by atoms with Gasteiger partial charge in [-0.15, -0.1) is 21.5 Å². The van der Waals surface area contributed by atoms with Crippen LogP contribution in [0, 0.1) is 5.92 Å². The van der Waals surface area contributed by atoms with E-state index in [2.05, 4.69) is 34.7 Å². The maximum Gasteiger partial charge on any atom is 0.265 e. The number of nitrogens with one attached hydrogen (secondary N) is 2. The fraction of sp³-hybridized carbons (Fsp3) is 0.222. The summed E-state index contributed by atoms with van der Waals surface area (Å²) in [6.07, 6.45) is 0.839. The van der Waals surface area contributed by atoms with Gasteiger partial charge in [-0.25, -0.2) is 0 Å². The highest BCUT2D eigenvalue weighted by molar-refractivity contribution is 7.15. The van der Waals surface area contributed by atoms with E-state index in [1.807, 2.05) is 11.4 Å². The molecule has 26 heavy (non-hydrogen) atoms. The molecule has 8 heteroatoms. The Kier molecular flexibility index (Phi) is 5.75. The van der Waals surface area contributed by atoms with Gasteiger partial charge in [0.15, 0.2) is 0 Å². The van der Waals surface area contributed by atoms with Gasteiger partial charge in [0.05, 0.1) is 4.88 Å². The molecule has 0 saturated heterocycles. The molecule has 1 aromatic carbocycles. The van der Waals surface area contributed by atoms with Crippen LogP contribution in [0.3, 0.4) is 0 Å². The Hall–Kier alpha value is -2.58. The van der Waals surface area contributed by atoms with Gasteiger partial charge in [-0.05, 0) is 41.6 Å². The Labute approximate surface area is 159 Å². The summed E-state index contributed by atoms with van der Waals surface area (Å²) in [5.74, 6) is 0.0700. The van der Waals surface area contributed by atoms with Gasteiger partial charge < -0.3 is 5.32 Å². The molecule has 0 saturated carbocycles. The smallest absolute Gasteiger partial charge is 0.265 e. The first-order chi connectivity index (χ1) is 12.5. The van der Waals surface area contributed by atoms with E-state index in [9.17, 15) is 9.59 Å². The summed E-state index contributed by atoms with van der Waals surface area (Å²) < 4.78 is 0. The molecule has 0 fully saturated rings. The van der Waals surface area contributed by atoms with Crippen LogP contribution in [0.5, 0.6) is 0 Å². The number of carbonyl (C=O) groups is 2. The van der Waals surface area contributed by atoms with Gasteiger partial charge >= 0.3 is 0 Å². The van der Waals surface area contributed by atoms with Crippen molar-refractivity contribution in [3.63, 3.8) is 0 Å². The number of anilines is 2. The van der Waals surface area contributed by atoms with Crippen molar-refractivity contribution in [2.24, 2.45) is 5.92 Å². The van der Waals surface area contributed by atoms with E-state index < -0.39 is 0 Å². The molecule has 2 aromatic heterocycles. The monoisotopic (exact) mass is 386 g/mol. The van der Waals surface area contributed by atoms with Crippen molar-refractivity contribution < 1.29 is 9.59 Å². The van der Waals surface area contributed by atoms with Crippen LogP contribution in [0.1, 0.15) is 38.9 Å². The molecule has 3 aromatic rings. The Bertz CT molecular complexity index is 886. The molecule has 2 N–H and O–H groups in total. The molecule has 0 aliphatic rings. The number of hydrogen-bond acceptors (Lipinski definition) is 6. The summed E-state index contributed by atoms with van der Waals surface area (Å²) in [7, 11) is 0. The number of rotatable bonds is 6. The van der Waals surface area contributed by atoms with Gasteiger partial charge in [0.25, 0.3) is 11.8 Å². The fourth-order valence-electron chi connectivity index (χ4n) is 2.21. The van der Waals surface area contributed by atoms with E-state index in [1.165, 1.54) is 22.7 Å². The summed E-state index contributed by atoms with van der Waals surface area (Å²) in [5.41, 5.74) is 1.12. The number of benzene rings is 1. The highest BCUT2D eigenvalue weighted by Crippen LogP contribution is 2.20. The van der Waals surface area contributed by atoms with Gasteiger partial charge in [0.2, 0.25) is 5.13 Å². The van der Waals surface area contributed by atoms with Crippen LogP contribution in [0.2, 0.25) is 0 Å². The summed E-state index contributed by atoms with van der Waals surface area (Å²) in [6, 6.07) is 10.3. The van der Waals surface area contributed by atoms with E-state index in [0.717, 1.165) is 11.4 Å². The molecule has 6 nitrogen and oxygen atoms in total. The van der Waals surface area contributed by atoms with Gasteiger partial charge in [-0.1, -0.05) is 31.3 Å². The standard InChI is InChI=1S/C18H18N4O2S2/c1-11(2)10-15-21-22-18(26-15)20-16(23)12-5-7-13(8-6-12)19-17(24)14-4-3-9-25-14/h3-9,11H,10H2,1-2H3,(H,19,24)(H,20,22,23). The lowest BCUT2D eigenvalue weighted by molar-refractivity contribution is 0.102. The number of nitrogens with zero attached hydrogens (tertiary/aromatic N) is 2. The first kappa shape index (κ1) is 18.2. The van der Waals surface area contributed by atoms with Crippen LogP contribution in [0.4, 0.5) is 10.8 Å². The Morgan fingerprint density at radius 3 is 2.46 bits per heavy atom. The Morgan fingerprint density at radius 2 is 1.81 bits per heavy atom. The van der Waals surface area contributed by atoms with E-state index >= 15 is 0 Å². The number of aromatic nitrogens is 2. The molecule has 0 aliphatic carbocycles. The molecule has 0 bridgehead atoms. The number of hydrogen-bond donors (Lipinski definition) is 2. The molecule has 2 heterocycles. The molecular formula is C18H18N4O2S2. The van der Waals surface area contributed by atoms with Gasteiger partial charge in [0.1, 0.15) is 5.01 Å². The number of thiophene rings is 1. The topological polar surface area (TPSA) is 84.0 Å². The minimum atomic E-state index is -0.256. The minimum Gasteiger partial charge on any atom is -0.321 e. The fourth-order valence-corrected chi connectivity index (χ4v) is 3.78. The van der Waals surface area contributed by atoms with Crippen molar-refractivity contribution in [3.8, 4) is 0 Å². The number of carbonyl (C=O) groups excluding carboxylic acids is 2. The third-order valence-electron chi connectivity index (χ3n) is 3.42. The molecule has 0 spiro atoms. The molecule has 0 atom stereocenters. The second-order valence-electron chi connectivity index (χ2n) is 6.06. The second-order valence-corrected chi connectivity index (χ2v) is 8.07. The second kappa shape index (κ2) is 8.20. The van der Waals surface area contributed by atoms with Crippen LogP contribution in [0.25, 0.3) is 0 Å². The zero-order chi connectivity index (χ0) is 18.5. The zero-order valence-electron chi connectivity index (χ0n) is 14.4. The first-order valence-electron chi connectivity index (χ1n) is 8.10. The first-order valence-corrected chi connectivity index (χ1v) is 9.79. The van der Waals surface area contributed by atoms with Crippen molar-refractivity contribution in [1.29, 1.82) is 0 Å². The lowest BCUT2D eigenvalue weighted by atomic mass is 10.1. The summed E-state index contributed by atoms with van der Waals surface area (Å²) >= 11 is 2.76. The molecule has 0 radical (unpaired) electrons. The molecule has 0 unspecified atom stereocenters. The number of amides is 2. The summed E-state index contributed by atoms with van der Waals surface area (Å²) in [5, 5.41) is 16.9. The van der Waals surface area contributed by atoms with Crippen molar-refractivity contribution in [2.45, 2.75) is 20.3 Å². The molecular weight excluding hydrogens is 368 g/mol. The maximum absolute atomic E-state index is 12.3. The van der Waals surface area contributed by atoms with E-state index in [1.54, 1.807) is 30.3 Å². The third kappa shape index (κ3) is 4.74. The van der Waals surface area contributed by atoms with Gasteiger partial charge in [-0.3, -0.25) is 14.9 Å². The normalized spacial score (nSPS) is 10.7. The van der Waals surface area contributed by atoms with Crippen LogP contribution in [-0.4, -0.2) is 22.0 Å². The maximum atomic E-state index is 12.3. The quantitative estimate of drug-likeness (QED) is 0.661.